The summed E-state index contributed by atoms with van der Waals surface area (Å²) < 4.78 is 27.9. The van der Waals surface area contributed by atoms with Gasteiger partial charge in [-0.05, 0) is 25.2 Å². The van der Waals surface area contributed by atoms with Crippen molar-refractivity contribution in [2.45, 2.75) is 39.2 Å². The molecule has 0 radical (unpaired) electrons. The van der Waals surface area contributed by atoms with E-state index in [1.54, 1.807) is 23.1 Å². The third-order valence-corrected chi connectivity index (χ3v) is 5.84. The summed E-state index contributed by atoms with van der Waals surface area (Å²) in [5.74, 6) is 1.77. The van der Waals surface area contributed by atoms with E-state index < -0.39 is 11.1 Å². The average Bonchev–Trinajstić information content (AvgIpc) is 3.38. The van der Waals surface area contributed by atoms with Gasteiger partial charge < -0.3 is 14.6 Å². The van der Waals surface area contributed by atoms with E-state index in [0.29, 0.717) is 35.7 Å². The molecule has 0 spiro atoms. The second-order valence-corrected chi connectivity index (χ2v) is 9.02. The molecule has 0 aliphatic carbocycles. The van der Waals surface area contributed by atoms with E-state index in [1.807, 2.05) is 4.90 Å². The molecule has 31 heavy (non-hydrogen) atoms. The first kappa shape index (κ1) is 21.7. The first-order valence-electron chi connectivity index (χ1n) is 10.4. The highest BCUT2D eigenvalue weighted by Gasteiger charge is 2.22. The minimum Gasteiger partial charge on any atom is -0.476 e. The van der Waals surface area contributed by atoms with Gasteiger partial charge in [0.2, 0.25) is 11.8 Å². The van der Waals surface area contributed by atoms with Gasteiger partial charge in [0.05, 0.1) is 19.0 Å². The summed E-state index contributed by atoms with van der Waals surface area (Å²) in [6.45, 7) is 6.37. The molecular formula is C19H28N8O3S. The average molecular weight is 449 g/mol. The number of fused-ring (bicyclic) bond motifs is 1. The molecule has 1 fully saturated rings. The topological polar surface area (TPSA) is 134 Å². The zero-order valence-corrected chi connectivity index (χ0v) is 18.5. The number of nitrogens with one attached hydrogen (secondary N) is 2. The van der Waals surface area contributed by atoms with Gasteiger partial charge in [-0.3, -0.25) is 10.00 Å². The van der Waals surface area contributed by atoms with Crippen molar-refractivity contribution in [3.63, 3.8) is 0 Å². The Balaban J connectivity index is 1.53. The van der Waals surface area contributed by atoms with E-state index in [4.69, 9.17) is 9.29 Å². The Morgan fingerprint density at radius 2 is 2.16 bits per heavy atom. The summed E-state index contributed by atoms with van der Waals surface area (Å²) in [5.41, 5.74) is 2.08. The van der Waals surface area contributed by atoms with Crippen LogP contribution < -0.4 is 10.1 Å². The number of aromatic nitrogens is 6. The molecular weight excluding hydrogens is 420 g/mol. The number of likely N-dealkylation sites (tertiary alicyclic amines) is 1. The number of ether oxygens (including phenoxy) is 1. The van der Waals surface area contributed by atoms with Gasteiger partial charge in [0, 0.05) is 30.9 Å². The van der Waals surface area contributed by atoms with E-state index in [9.17, 15) is 4.21 Å². The van der Waals surface area contributed by atoms with E-state index in [2.05, 4.69) is 44.4 Å². The number of nitrogens with zero attached hydrogens (tertiary/aromatic N) is 6. The van der Waals surface area contributed by atoms with Crippen molar-refractivity contribution in [1.82, 2.24) is 34.7 Å². The fraction of sp³-hybridized carbons (Fsp3) is 0.579. The fourth-order valence-corrected chi connectivity index (χ4v) is 4.11. The Bertz CT molecular complexity index is 1010. The molecule has 4 rings (SSSR count). The largest absolute Gasteiger partial charge is 0.476 e. The molecule has 3 N–H and O–H groups in total. The van der Waals surface area contributed by atoms with Crippen LogP contribution in [0.1, 0.15) is 33.1 Å². The number of piperidine rings is 1. The lowest BCUT2D eigenvalue weighted by Gasteiger charge is -2.30. The maximum absolute atomic E-state index is 11.0. The van der Waals surface area contributed by atoms with Gasteiger partial charge in [-0.15, -0.1) is 5.10 Å². The van der Waals surface area contributed by atoms with E-state index in [0.717, 1.165) is 37.9 Å². The summed E-state index contributed by atoms with van der Waals surface area (Å²) in [6, 6.07) is 0.201. The van der Waals surface area contributed by atoms with Gasteiger partial charge in [0.25, 0.3) is 0 Å². The predicted octanol–water partition coefficient (Wildman–Crippen LogP) is 1.99. The molecule has 0 bridgehead atoms. The molecule has 1 unspecified atom stereocenters. The van der Waals surface area contributed by atoms with E-state index >= 15 is 0 Å². The Hall–Kier alpha value is -2.57. The third-order valence-electron chi connectivity index (χ3n) is 5.26. The summed E-state index contributed by atoms with van der Waals surface area (Å²) in [7, 11) is 0. The van der Waals surface area contributed by atoms with Crippen LogP contribution in [0.2, 0.25) is 0 Å². The summed E-state index contributed by atoms with van der Waals surface area (Å²) >= 11 is -1.80. The van der Waals surface area contributed by atoms with Crippen LogP contribution >= 0.6 is 0 Å². The van der Waals surface area contributed by atoms with Crippen LogP contribution in [-0.4, -0.2) is 75.1 Å². The van der Waals surface area contributed by atoms with Crippen LogP contribution in [0.4, 0.5) is 5.95 Å². The fourth-order valence-electron chi connectivity index (χ4n) is 3.54. The lowest BCUT2D eigenvalue weighted by Crippen LogP contribution is -2.40. The number of anilines is 1. The highest BCUT2D eigenvalue weighted by molar-refractivity contribution is 7.79. The minimum atomic E-state index is -1.80. The van der Waals surface area contributed by atoms with Gasteiger partial charge >= 0.3 is 0 Å². The third kappa shape index (κ3) is 5.38. The normalized spacial score (nSPS) is 16.8. The lowest BCUT2D eigenvalue weighted by molar-refractivity contribution is 0.247. The molecule has 0 amide bonds. The van der Waals surface area contributed by atoms with Crippen molar-refractivity contribution in [3.8, 4) is 17.1 Å². The van der Waals surface area contributed by atoms with Crippen molar-refractivity contribution < 1.29 is 13.5 Å². The highest BCUT2D eigenvalue weighted by atomic mass is 32.2. The molecule has 3 aromatic heterocycles. The van der Waals surface area contributed by atoms with Crippen molar-refractivity contribution in [3.05, 3.63) is 18.6 Å². The van der Waals surface area contributed by atoms with Gasteiger partial charge in [-0.25, -0.2) is 9.19 Å². The first-order valence-corrected chi connectivity index (χ1v) is 11.7. The molecule has 11 nitrogen and oxygen atoms in total. The maximum Gasteiger partial charge on any atom is 0.244 e. The minimum absolute atomic E-state index is 0.193. The second kappa shape index (κ2) is 9.71. The monoisotopic (exact) mass is 448 g/mol. The molecule has 4 heterocycles. The molecule has 1 aliphatic rings. The van der Waals surface area contributed by atoms with Crippen LogP contribution in [0, 0.1) is 5.92 Å². The SMILES string of the molecule is CC(C)CCOc1c(-c2cn[nH]c2)ncc2nc(NC3CCN(CS(=O)O)CC3)nn12. The first-order chi connectivity index (χ1) is 15.0. The van der Waals surface area contributed by atoms with Gasteiger partial charge in [0.15, 0.2) is 16.7 Å². The van der Waals surface area contributed by atoms with Crippen molar-refractivity contribution in [2.75, 3.05) is 30.9 Å². The predicted molar refractivity (Wildman–Crippen MR) is 117 cm³/mol. The van der Waals surface area contributed by atoms with Crippen LogP contribution in [0.5, 0.6) is 5.88 Å². The molecule has 0 aromatic carbocycles. The van der Waals surface area contributed by atoms with E-state index in [1.165, 1.54) is 0 Å². The Morgan fingerprint density at radius 1 is 1.35 bits per heavy atom. The van der Waals surface area contributed by atoms with Crippen molar-refractivity contribution in [1.29, 1.82) is 0 Å². The van der Waals surface area contributed by atoms with Crippen LogP contribution in [0.25, 0.3) is 16.9 Å². The molecule has 1 atom stereocenters. The van der Waals surface area contributed by atoms with Crippen LogP contribution in [-0.2, 0) is 11.1 Å². The highest BCUT2D eigenvalue weighted by Crippen LogP contribution is 2.28. The molecule has 1 saturated heterocycles. The zero-order valence-electron chi connectivity index (χ0n) is 17.7. The summed E-state index contributed by atoms with van der Waals surface area (Å²) in [4.78, 5) is 11.1. The van der Waals surface area contributed by atoms with Crippen molar-refractivity contribution in [2.24, 2.45) is 5.92 Å². The van der Waals surface area contributed by atoms with Gasteiger partial charge in [0.1, 0.15) is 11.6 Å². The number of H-pyrrole nitrogens is 1. The Morgan fingerprint density at radius 3 is 2.84 bits per heavy atom. The molecule has 3 aromatic rings. The van der Waals surface area contributed by atoms with Crippen LogP contribution in [0.3, 0.4) is 0 Å². The maximum atomic E-state index is 11.0. The number of rotatable bonds is 9. The second-order valence-electron chi connectivity index (χ2n) is 8.12. The summed E-state index contributed by atoms with van der Waals surface area (Å²) in [6.07, 6.45) is 7.76. The van der Waals surface area contributed by atoms with Gasteiger partial charge in [-0.1, -0.05) is 13.8 Å². The number of aromatic amines is 1. The number of hydrogen-bond donors (Lipinski definition) is 3. The Kier molecular flexibility index (Phi) is 6.78. The van der Waals surface area contributed by atoms with E-state index in [-0.39, 0.29) is 11.9 Å². The standard InChI is InChI=1S/C19H28N8O3S/c1-13(2)5-8-30-18-17(14-9-21-22-10-14)20-11-16-24-19(25-27(16)18)23-15-3-6-26(7-4-15)12-31(28)29/h9-11,13,15H,3-8,12H2,1-2H3,(H,21,22)(H,23,25)(H,28,29). The van der Waals surface area contributed by atoms with Crippen molar-refractivity contribution >= 4 is 22.7 Å². The quantitative estimate of drug-likeness (QED) is 0.420. The van der Waals surface area contributed by atoms with Gasteiger partial charge in [-0.2, -0.15) is 14.6 Å². The summed E-state index contributed by atoms with van der Waals surface area (Å²) in [5, 5.41) is 14.9. The smallest absolute Gasteiger partial charge is 0.244 e. The Labute approximate surface area is 182 Å². The lowest BCUT2D eigenvalue weighted by atomic mass is 10.1. The molecule has 0 saturated carbocycles. The van der Waals surface area contributed by atoms with Crippen LogP contribution in [0.15, 0.2) is 18.6 Å². The molecule has 1 aliphatic heterocycles. The number of hydrogen-bond acceptors (Lipinski definition) is 8. The zero-order chi connectivity index (χ0) is 21.8. The molecule has 168 valence electrons. The molecule has 12 heteroatoms.